The average molecular weight is 341 g/mol. The van der Waals surface area contributed by atoms with Crippen LogP contribution in [-0.4, -0.2) is 33.8 Å². The molecule has 4 heterocycles. The van der Waals surface area contributed by atoms with E-state index < -0.39 is 0 Å². The van der Waals surface area contributed by atoms with Gasteiger partial charge >= 0.3 is 0 Å². The number of anilines is 1. The van der Waals surface area contributed by atoms with Crippen LogP contribution in [0.2, 0.25) is 0 Å². The van der Waals surface area contributed by atoms with Crippen LogP contribution in [0, 0.1) is 17.7 Å². The molecule has 2 amide bonds. The maximum Gasteiger partial charge on any atom is 0.241 e. The van der Waals surface area contributed by atoms with Gasteiger partial charge in [-0.1, -0.05) is 12.1 Å². The second-order valence-corrected chi connectivity index (χ2v) is 6.86. The molecule has 3 aliphatic rings. The molecule has 7 heteroatoms. The fourth-order valence-electron chi connectivity index (χ4n) is 4.32. The van der Waals surface area contributed by atoms with E-state index in [9.17, 15) is 14.0 Å². The number of ether oxygens (including phenoxy) is 1. The van der Waals surface area contributed by atoms with E-state index in [0.717, 1.165) is 18.4 Å². The highest BCUT2D eigenvalue weighted by Gasteiger charge is 2.63. The third-order valence-corrected chi connectivity index (χ3v) is 5.37. The van der Waals surface area contributed by atoms with Crippen LogP contribution in [-0.2, 0) is 20.9 Å². The van der Waals surface area contributed by atoms with Crippen molar-refractivity contribution in [2.45, 2.75) is 31.6 Å². The van der Waals surface area contributed by atoms with Crippen LogP contribution in [0.1, 0.15) is 18.4 Å². The molecule has 4 atom stereocenters. The number of halogens is 1. The minimum absolute atomic E-state index is 0.133. The number of benzene rings is 1. The van der Waals surface area contributed by atoms with Crippen molar-refractivity contribution in [2.24, 2.45) is 11.8 Å². The molecular weight excluding hydrogens is 325 g/mol. The first-order valence-corrected chi connectivity index (χ1v) is 8.43. The van der Waals surface area contributed by atoms with Gasteiger partial charge in [0, 0.05) is 12.3 Å². The fourth-order valence-corrected chi connectivity index (χ4v) is 4.32. The molecule has 0 spiro atoms. The third kappa shape index (κ3) is 2.15. The maximum absolute atomic E-state index is 13.3. The van der Waals surface area contributed by atoms with E-state index in [0.29, 0.717) is 12.4 Å². The molecule has 0 N–H and O–H groups in total. The Labute approximate surface area is 143 Å². The van der Waals surface area contributed by atoms with Gasteiger partial charge in [0.25, 0.3) is 0 Å². The van der Waals surface area contributed by atoms with Gasteiger partial charge in [0.05, 0.1) is 30.6 Å². The molecule has 3 fully saturated rings. The van der Waals surface area contributed by atoms with Gasteiger partial charge in [-0.25, -0.2) is 9.29 Å². The van der Waals surface area contributed by atoms with Crippen molar-refractivity contribution in [3.8, 4) is 0 Å². The number of aromatic nitrogens is 2. The largest absolute Gasteiger partial charge is 0.373 e. The molecule has 5 rings (SSSR count). The number of carbonyl (C=O) groups is 2. The van der Waals surface area contributed by atoms with Crippen LogP contribution in [0.3, 0.4) is 0 Å². The van der Waals surface area contributed by atoms with Gasteiger partial charge in [-0.05, 0) is 30.5 Å². The smallest absolute Gasteiger partial charge is 0.241 e. The molecule has 3 aliphatic heterocycles. The highest BCUT2D eigenvalue weighted by Crippen LogP contribution is 2.49. The number of hydrogen-bond donors (Lipinski definition) is 0. The molecule has 0 unspecified atom stereocenters. The molecule has 1 aromatic carbocycles. The second kappa shape index (κ2) is 5.23. The first-order valence-electron chi connectivity index (χ1n) is 8.43. The molecular formula is C18H16FN3O3. The lowest BCUT2D eigenvalue weighted by Gasteiger charge is -2.15. The van der Waals surface area contributed by atoms with Gasteiger partial charge < -0.3 is 4.74 Å². The van der Waals surface area contributed by atoms with Crippen LogP contribution in [0.4, 0.5) is 10.2 Å². The lowest BCUT2D eigenvalue weighted by atomic mass is 9.81. The van der Waals surface area contributed by atoms with E-state index >= 15 is 0 Å². The van der Waals surface area contributed by atoms with E-state index in [4.69, 9.17) is 4.74 Å². The standard InChI is InChI=1S/C18H16FN3O3/c19-11-3-1-2-10(8-11)9-21-7-6-14(20-21)22-17(23)15-12-4-5-13(25-12)16(15)18(22)24/h1-3,6-8,12-13,15-16H,4-5,9H2/t12-,13-,15-,16+/m0/s1. The Kier molecular flexibility index (Phi) is 3.09. The minimum Gasteiger partial charge on any atom is -0.373 e. The van der Waals surface area contributed by atoms with Gasteiger partial charge in [0.2, 0.25) is 11.8 Å². The van der Waals surface area contributed by atoms with Gasteiger partial charge in [-0.2, -0.15) is 5.10 Å². The van der Waals surface area contributed by atoms with E-state index in [1.807, 2.05) is 0 Å². The van der Waals surface area contributed by atoms with Crippen LogP contribution in [0.15, 0.2) is 36.5 Å². The number of rotatable bonds is 3. The highest BCUT2D eigenvalue weighted by molar-refractivity contribution is 6.22. The summed E-state index contributed by atoms with van der Waals surface area (Å²) in [6.07, 6.45) is 3.11. The predicted octanol–water partition coefficient (Wildman–Crippen LogP) is 1.74. The van der Waals surface area contributed by atoms with Gasteiger partial charge in [0.15, 0.2) is 5.82 Å². The van der Waals surface area contributed by atoms with E-state index in [1.54, 1.807) is 29.1 Å². The summed E-state index contributed by atoms with van der Waals surface area (Å²) in [6, 6.07) is 7.91. The zero-order valence-corrected chi connectivity index (χ0v) is 13.3. The van der Waals surface area contributed by atoms with E-state index in [2.05, 4.69) is 5.10 Å². The summed E-state index contributed by atoms with van der Waals surface area (Å²) < 4.78 is 20.6. The van der Waals surface area contributed by atoms with Crippen LogP contribution < -0.4 is 4.90 Å². The molecule has 0 aliphatic carbocycles. The van der Waals surface area contributed by atoms with Gasteiger partial charge in [-0.15, -0.1) is 0 Å². The summed E-state index contributed by atoms with van der Waals surface area (Å²) in [6.45, 7) is 0.370. The molecule has 0 saturated carbocycles. The van der Waals surface area contributed by atoms with Crippen molar-refractivity contribution < 1.29 is 18.7 Å². The van der Waals surface area contributed by atoms with Crippen molar-refractivity contribution in [2.75, 3.05) is 4.90 Å². The number of hydrogen-bond acceptors (Lipinski definition) is 4. The Morgan fingerprint density at radius 1 is 1.12 bits per heavy atom. The molecule has 3 saturated heterocycles. The summed E-state index contributed by atoms with van der Waals surface area (Å²) in [5, 5.41) is 4.35. The first kappa shape index (κ1) is 14.8. The molecule has 2 bridgehead atoms. The Morgan fingerprint density at radius 2 is 1.84 bits per heavy atom. The van der Waals surface area contributed by atoms with Crippen LogP contribution >= 0.6 is 0 Å². The van der Waals surface area contributed by atoms with Crippen molar-refractivity contribution in [1.29, 1.82) is 0 Å². The Balaban J connectivity index is 1.40. The first-order chi connectivity index (χ1) is 12.1. The second-order valence-electron chi connectivity index (χ2n) is 6.86. The lowest BCUT2D eigenvalue weighted by molar-refractivity contribution is -0.124. The number of carbonyl (C=O) groups excluding carboxylic acids is 2. The number of amides is 2. The minimum atomic E-state index is -0.361. The van der Waals surface area contributed by atoms with Crippen molar-refractivity contribution in [3.63, 3.8) is 0 Å². The normalized spacial score (nSPS) is 30.4. The summed E-state index contributed by atoms with van der Waals surface area (Å²) in [5.41, 5.74) is 0.761. The summed E-state index contributed by atoms with van der Waals surface area (Å²) >= 11 is 0. The molecule has 0 radical (unpaired) electrons. The van der Waals surface area contributed by atoms with E-state index in [1.165, 1.54) is 17.0 Å². The summed E-state index contributed by atoms with van der Waals surface area (Å²) in [5.74, 6) is -1.12. The fraction of sp³-hybridized carbons (Fsp3) is 0.389. The molecule has 6 nitrogen and oxygen atoms in total. The zero-order valence-electron chi connectivity index (χ0n) is 13.3. The Morgan fingerprint density at radius 3 is 2.52 bits per heavy atom. The monoisotopic (exact) mass is 341 g/mol. The zero-order chi connectivity index (χ0) is 17.1. The number of fused-ring (bicyclic) bond motifs is 5. The SMILES string of the molecule is O=C1[C@@H]2[C@H](C(=O)N1c1ccn(Cc3cccc(F)c3)n1)[C@@H]1CC[C@@H]2O1. The van der Waals surface area contributed by atoms with Crippen LogP contribution in [0.25, 0.3) is 0 Å². The molecule has 128 valence electrons. The van der Waals surface area contributed by atoms with E-state index in [-0.39, 0.29) is 41.7 Å². The quantitative estimate of drug-likeness (QED) is 0.798. The van der Waals surface area contributed by atoms with Gasteiger partial charge in [-0.3, -0.25) is 14.3 Å². The summed E-state index contributed by atoms with van der Waals surface area (Å²) in [4.78, 5) is 26.7. The van der Waals surface area contributed by atoms with Crippen molar-refractivity contribution in [3.05, 3.63) is 47.9 Å². The number of imide groups is 1. The van der Waals surface area contributed by atoms with Gasteiger partial charge in [0.1, 0.15) is 5.82 Å². The van der Waals surface area contributed by atoms with Crippen molar-refractivity contribution in [1.82, 2.24) is 9.78 Å². The van der Waals surface area contributed by atoms with Crippen molar-refractivity contribution >= 4 is 17.6 Å². The average Bonchev–Trinajstić information content (AvgIpc) is 3.33. The lowest BCUT2D eigenvalue weighted by Crippen LogP contribution is -2.34. The topological polar surface area (TPSA) is 64.4 Å². The third-order valence-electron chi connectivity index (χ3n) is 5.37. The predicted molar refractivity (Wildman–Crippen MR) is 85.1 cm³/mol. The molecule has 1 aromatic heterocycles. The molecule has 25 heavy (non-hydrogen) atoms. The highest BCUT2D eigenvalue weighted by atomic mass is 19.1. The maximum atomic E-state index is 13.3. The Bertz CT molecular complexity index is 852. The molecule has 2 aromatic rings. The summed E-state index contributed by atoms with van der Waals surface area (Å²) in [7, 11) is 0. The number of nitrogens with zero attached hydrogens (tertiary/aromatic N) is 3. The van der Waals surface area contributed by atoms with Crippen LogP contribution in [0.5, 0.6) is 0 Å². The Hall–Kier alpha value is -2.54.